The van der Waals surface area contributed by atoms with E-state index in [0.717, 1.165) is 44.6 Å². The Bertz CT molecular complexity index is 546. The zero-order valence-electron chi connectivity index (χ0n) is 12.0. The molecule has 0 aliphatic heterocycles. The molecule has 0 unspecified atom stereocenters. The molecule has 2 aliphatic carbocycles. The Morgan fingerprint density at radius 3 is 2.67 bits per heavy atom. The van der Waals surface area contributed by atoms with Crippen LogP contribution in [0, 0.1) is 11.6 Å². The Balaban J connectivity index is 1.83. The first kappa shape index (κ1) is 14.3. The average Bonchev–Trinajstić information content (AvgIpc) is 3.15. The second-order valence-corrected chi connectivity index (χ2v) is 6.21. The molecule has 3 nitrogen and oxygen atoms in total. The van der Waals surface area contributed by atoms with Gasteiger partial charge in [-0.15, -0.1) is 0 Å². The molecule has 3 rings (SSSR count). The van der Waals surface area contributed by atoms with E-state index < -0.39 is 17.0 Å². The zero-order chi connectivity index (χ0) is 14.9. The van der Waals surface area contributed by atoms with Gasteiger partial charge in [0, 0.05) is 11.5 Å². The molecule has 0 heterocycles. The molecule has 5 heteroatoms. The minimum absolute atomic E-state index is 0.415. The first-order valence-electron chi connectivity index (χ1n) is 7.62. The van der Waals surface area contributed by atoms with Crippen LogP contribution in [0.15, 0.2) is 23.2 Å². The van der Waals surface area contributed by atoms with E-state index in [-0.39, 0.29) is 0 Å². The number of nitrogens with zero attached hydrogens (tertiary/aromatic N) is 1. The summed E-state index contributed by atoms with van der Waals surface area (Å²) < 4.78 is 27.7. The molecule has 1 aromatic carbocycles. The van der Waals surface area contributed by atoms with Gasteiger partial charge in [0.2, 0.25) is 0 Å². The van der Waals surface area contributed by atoms with Gasteiger partial charge in [0.05, 0.1) is 6.54 Å². The van der Waals surface area contributed by atoms with Crippen molar-refractivity contribution in [3.05, 3.63) is 35.4 Å². The summed E-state index contributed by atoms with van der Waals surface area (Å²) in [7, 11) is 0. The number of rotatable bonds is 4. The van der Waals surface area contributed by atoms with Crippen molar-refractivity contribution in [2.45, 2.75) is 50.0 Å². The minimum Gasteiger partial charge on any atom is -0.370 e. The van der Waals surface area contributed by atoms with Gasteiger partial charge in [-0.25, -0.2) is 8.78 Å². The van der Waals surface area contributed by atoms with Crippen molar-refractivity contribution in [1.29, 1.82) is 0 Å². The number of aliphatic imine (C=N–C) groups is 1. The van der Waals surface area contributed by atoms with E-state index in [1.807, 2.05) is 0 Å². The van der Waals surface area contributed by atoms with Crippen molar-refractivity contribution in [3.8, 4) is 0 Å². The largest absolute Gasteiger partial charge is 0.370 e. The summed E-state index contributed by atoms with van der Waals surface area (Å²) in [6, 6.07) is 4.86. The zero-order valence-corrected chi connectivity index (χ0v) is 12.0. The van der Waals surface area contributed by atoms with Crippen LogP contribution in [0.4, 0.5) is 8.78 Å². The van der Waals surface area contributed by atoms with Crippen LogP contribution in [0.2, 0.25) is 0 Å². The molecule has 21 heavy (non-hydrogen) atoms. The molecular weight excluding hydrogens is 272 g/mol. The summed E-state index contributed by atoms with van der Waals surface area (Å²) in [5, 5.41) is 3.13. The average molecular weight is 293 g/mol. The van der Waals surface area contributed by atoms with Crippen molar-refractivity contribution in [2.24, 2.45) is 10.7 Å². The Hall–Kier alpha value is -1.65. The van der Waals surface area contributed by atoms with Gasteiger partial charge in [-0.2, -0.15) is 0 Å². The topological polar surface area (TPSA) is 50.4 Å². The molecule has 3 N–H and O–H groups in total. The normalized spacial score (nSPS) is 21.5. The highest BCUT2D eigenvalue weighted by Gasteiger charge is 2.38. The van der Waals surface area contributed by atoms with Gasteiger partial charge in [0.25, 0.3) is 0 Å². The van der Waals surface area contributed by atoms with Crippen molar-refractivity contribution in [2.75, 3.05) is 6.54 Å². The summed E-state index contributed by atoms with van der Waals surface area (Å²) in [6.45, 7) is 0.416. The van der Waals surface area contributed by atoms with Gasteiger partial charge < -0.3 is 11.1 Å². The summed E-state index contributed by atoms with van der Waals surface area (Å²) in [5.41, 5.74) is 5.90. The van der Waals surface area contributed by atoms with Gasteiger partial charge >= 0.3 is 0 Å². The summed E-state index contributed by atoms with van der Waals surface area (Å²) >= 11 is 0. The van der Waals surface area contributed by atoms with Crippen LogP contribution in [-0.2, 0) is 5.41 Å². The predicted molar refractivity (Wildman–Crippen MR) is 79.2 cm³/mol. The smallest absolute Gasteiger partial charge is 0.188 e. The third-order valence-electron chi connectivity index (χ3n) is 4.57. The maximum Gasteiger partial charge on any atom is 0.188 e. The maximum atomic E-state index is 14.2. The highest BCUT2D eigenvalue weighted by atomic mass is 19.2. The first-order valence-corrected chi connectivity index (χ1v) is 7.62. The van der Waals surface area contributed by atoms with Crippen LogP contribution in [-0.4, -0.2) is 18.5 Å². The summed E-state index contributed by atoms with van der Waals surface area (Å²) in [5.74, 6) is -1.10. The fourth-order valence-electron chi connectivity index (χ4n) is 3.20. The van der Waals surface area contributed by atoms with Gasteiger partial charge in [0.15, 0.2) is 17.6 Å². The molecule has 0 atom stereocenters. The summed E-state index contributed by atoms with van der Waals surface area (Å²) in [6.07, 6.45) is 5.93. The number of nitrogens with two attached hydrogens (primary N) is 1. The third-order valence-corrected chi connectivity index (χ3v) is 4.57. The van der Waals surface area contributed by atoms with Crippen LogP contribution in [0.25, 0.3) is 0 Å². The van der Waals surface area contributed by atoms with E-state index in [9.17, 15) is 8.78 Å². The molecule has 2 aliphatic rings. The Kier molecular flexibility index (Phi) is 3.83. The molecule has 0 aromatic heterocycles. The van der Waals surface area contributed by atoms with E-state index in [0.29, 0.717) is 24.1 Å². The van der Waals surface area contributed by atoms with Crippen molar-refractivity contribution < 1.29 is 8.78 Å². The molecule has 114 valence electrons. The van der Waals surface area contributed by atoms with Crippen molar-refractivity contribution in [3.63, 3.8) is 0 Å². The maximum absolute atomic E-state index is 14.2. The molecule has 0 amide bonds. The van der Waals surface area contributed by atoms with E-state index in [4.69, 9.17) is 5.73 Å². The van der Waals surface area contributed by atoms with Crippen LogP contribution >= 0.6 is 0 Å². The second-order valence-electron chi connectivity index (χ2n) is 6.21. The lowest BCUT2D eigenvalue weighted by Crippen LogP contribution is -2.36. The number of hydrogen-bond donors (Lipinski definition) is 2. The first-order chi connectivity index (χ1) is 10.1. The second kappa shape index (κ2) is 5.62. The van der Waals surface area contributed by atoms with E-state index in [1.54, 1.807) is 12.1 Å². The molecule has 2 fully saturated rings. The molecule has 0 radical (unpaired) electrons. The van der Waals surface area contributed by atoms with Crippen LogP contribution in [0.5, 0.6) is 0 Å². The number of nitrogens with one attached hydrogen (secondary N) is 1. The SMILES string of the molecule is NC(=NCC1(c2cccc(F)c2F)CCCC1)NC1CC1. The number of guanidine groups is 1. The van der Waals surface area contributed by atoms with E-state index in [1.165, 1.54) is 0 Å². The van der Waals surface area contributed by atoms with Crippen LogP contribution < -0.4 is 11.1 Å². The van der Waals surface area contributed by atoms with Gasteiger partial charge in [-0.1, -0.05) is 25.0 Å². The van der Waals surface area contributed by atoms with E-state index >= 15 is 0 Å². The minimum atomic E-state index is -0.785. The lowest BCUT2D eigenvalue weighted by Gasteiger charge is -2.28. The van der Waals surface area contributed by atoms with Gasteiger partial charge in [-0.3, -0.25) is 4.99 Å². The third kappa shape index (κ3) is 3.01. The molecule has 0 bridgehead atoms. The quantitative estimate of drug-likeness (QED) is 0.662. The lowest BCUT2D eigenvalue weighted by atomic mass is 9.78. The van der Waals surface area contributed by atoms with Crippen LogP contribution in [0.3, 0.4) is 0 Å². The number of hydrogen-bond acceptors (Lipinski definition) is 1. The fraction of sp³-hybridized carbons (Fsp3) is 0.562. The lowest BCUT2D eigenvalue weighted by molar-refractivity contribution is 0.408. The Morgan fingerprint density at radius 2 is 2.00 bits per heavy atom. The fourth-order valence-corrected chi connectivity index (χ4v) is 3.20. The molecule has 0 spiro atoms. The highest BCUT2D eigenvalue weighted by molar-refractivity contribution is 5.78. The summed E-state index contributed by atoms with van der Waals surface area (Å²) in [4.78, 5) is 4.40. The molecule has 0 saturated heterocycles. The van der Waals surface area contributed by atoms with E-state index in [2.05, 4.69) is 10.3 Å². The molecule has 2 saturated carbocycles. The molecule has 1 aromatic rings. The molecular formula is C16H21F2N3. The monoisotopic (exact) mass is 293 g/mol. The Morgan fingerprint density at radius 1 is 1.29 bits per heavy atom. The number of halogens is 2. The van der Waals surface area contributed by atoms with Crippen molar-refractivity contribution >= 4 is 5.96 Å². The standard InChI is InChI=1S/C16H21F2N3/c17-13-5-3-4-12(14(13)18)16(8-1-2-9-16)10-20-15(19)21-11-6-7-11/h3-5,11H,1-2,6-10H2,(H3,19,20,21). The van der Waals surface area contributed by atoms with Crippen molar-refractivity contribution in [1.82, 2.24) is 5.32 Å². The Labute approximate surface area is 123 Å². The van der Waals surface area contributed by atoms with Crippen LogP contribution in [0.1, 0.15) is 44.1 Å². The van der Waals surface area contributed by atoms with Gasteiger partial charge in [-0.05, 0) is 37.3 Å². The highest BCUT2D eigenvalue weighted by Crippen LogP contribution is 2.42. The number of benzene rings is 1. The van der Waals surface area contributed by atoms with Gasteiger partial charge in [0.1, 0.15) is 0 Å². The predicted octanol–water partition coefficient (Wildman–Crippen LogP) is 2.84.